The highest BCUT2D eigenvalue weighted by Crippen LogP contribution is 2.31. The van der Waals surface area contributed by atoms with Crippen molar-refractivity contribution in [1.29, 1.82) is 0 Å². The summed E-state index contributed by atoms with van der Waals surface area (Å²) in [6, 6.07) is 7.44. The van der Waals surface area contributed by atoms with Crippen molar-refractivity contribution >= 4 is 28.6 Å². The first-order valence-electron chi connectivity index (χ1n) is 11.1. The van der Waals surface area contributed by atoms with Gasteiger partial charge in [-0.3, -0.25) is 14.3 Å². The van der Waals surface area contributed by atoms with Crippen LogP contribution in [0.15, 0.2) is 47.7 Å². The molecule has 5 rings (SSSR count). The van der Waals surface area contributed by atoms with Crippen molar-refractivity contribution < 1.29 is 4.74 Å². The molecule has 9 nitrogen and oxygen atoms in total. The second kappa shape index (κ2) is 9.46. The highest BCUT2D eigenvalue weighted by Gasteiger charge is 2.19. The zero-order valence-corrected chi connectivity index (χ0v) is 19.4. The molecular weight excluding hydrogens is 454 g/mol. The molecule has 0 saturated carbocycles. The molecule has 0 radical (unpaired) electrons. The highest BCUT2D eigenvalue weighted by atomic mass is 35.5. The topological polar surface area (TPSA) is 121 Å². The fourth-order valence-electron chi connectivity index (χ4n) is 4.08. The van der Waals surface area contributed by atoms with Crippen molar-refractivity contribution in [1.82, 2.24) is 24.5 Å². The monoisotopic (exact) mass is 477 g/mol. The van der Waals surface area contributed by atoms with Gasteiger partial charge in [0.2, 0.25) is 5.95 Å². The van der Waals surface area contributed by atoms with Gasteiger partial charge in [0, 0.05) is 59.2 Å². The van der Waals surface area contributed by atoms with Crippen molar-refractivity contribution in [2.45, 2.75) is 25.9 Å². The average molecular weight is 478 g/mol. The molecule has 0 spiro atoms. The Morgan fingerprint density at radius 1 is 1.21 bits per heavy atom. The average Bonchev–Trinajstić information content (AvgIpc) is 3.34. The molecule has 174 valence electrons. The molecule has 0 amide bonds. The third kappa shape index (κ3) is 4.37. The second-order valence-corrected chi connectivity index (χ2v) is 8.63. The lowest BCUT2D eigenvalue weighted by Gasteiger charge is -2.15. The largest absolute Gasteiger partial charge is 0.379 e. The number of rotatable bonds is 6. The van der Waals surface area contributed by atoms with E-state index >= 15 is 0 Å². The van der Waals surface area contributed by atoms with E-state index in [1.807, 2.05) is 19.1 Å². The second-order valence-electron chi connectivity index (χ2n) is 8.22. The summed E-state index contributed by atoms with van der Waals surface area (Å²) in [5.41, 5.74) is 9.58. The standard InChI is InChI=1S/C24H24ClN7O2/c1-14-10-27-12-21(29-14)15-2-3-18(20(25)9-15)19-8-16-11-28-24(30-17-4-7-34-13-17)31-22(16)32(6-5-26)23(19)33/h2-3,8-12,17H,4-7,13,26H2,1H3,(H,28,30,31)/t17-/m1/s1. The van der Waals surface area contributed by atoms with Gasteiger partial charge in [0.05, 0.1) is 30.2 Å². The maximum absolute atomic E-state index is 13.5. The van der Waals surface area contributed by atoms with Crippen LogP contribution in [0.3, 0.4) is 0 Å². The molecule has 0 aliphatic carbocycles. The van der Waals surface area contributed by atoms with Crippen molar-refractivity contribution in [3.05, 3.63) is 63.9 Å². The Labute approximate surface area is 201 Å². The van der Waals surface area contributed by atoms with E-state index in [-0.39, 0.29) is 11.6 Å². The van der Waals surface area contributed by atoms with Crippen LogP contribution in [-0.4, -0.2) is 50.3 Å². The third-order valence-corrected chi connectivity index (χ3v) is 6.07. The van der Waals surface area contributed by atoms with E-state index in [0.717, 1.165) is 23.1 Å². The minimum Gasteiger partial charge on any atom is -0.379 e. The summed E-state index contributed by atoms with van der Waals surface area (Å²) in [6.07, 6.45) is 5.97. The number of nitrogens with one attached hydrogen (secondary N) is 1. The number of pyridine rings is 1. The van der Waals surface area contributed by atoms with E-state index in [4.69, 9.17) is 22.1 Å². The molecule has 1 atom stereocenters. The van der Waals surface area contributed by atoms with Gasteiger partial charge in [-0.05, 0) is 25.5 Å². The Morgan fingerprint density at radius 3 is 2.82 bits per heavy atom. The number of nitrogens with two attached hydrogens (primary N) is 1. The van der Waals surface area contributed by atoms with Crippen LogP contribution in [0, 0.1) is 6.92 Å². The van der Waals surface area contributed by atoms with Gasteiger partial charge in [0.1, 0.15) is 5.65 Å². The number of aryl methyl sites for hydroxylation is 1. The van der Waals surface area contributed by atoms with Gasteiger partial charge in [0.15, 0.2) is 0 Å². The van der Waals surface area contributed by atoms with E-state index in [9.17, 15) is 4.79 Å². The zero-order valence-electron chi connectivity index (χ0n) is 18.7. The van der Waals surface area contributed by atoms with E-state index < -0.39 is 0 Å². The van der Waals surface area contributed by atoms with Gasteiger partial charge in [-0.15, -0.1) is 0 Å². The van der Waals surface area contributed by atoms with Crippen molar-refractivity contribution in [3.8, 4) is 22.4 Å². The molecule has 10 heteroatoms. The Bertz CT molecular complexity index is 1420. The van der Waals surface area contributed by atoms with Crippen molar-refractivity contribution in [2.75, 3.05) is 25.1 Å². The van der Waals surface area contributed by atoms with Gasteiger partial charge in [-0.1, -0.05) is 23.7 Å². The number of ether oxygens (including phenoxy) is 1. The maximum Gasteiger partial charge on any atom is 0.260 e. The maximum atomic E-state index is 13.5. The molecule has 3 aromatic heterocycles. The normalized spacial score (nSPS) is 15.7. The molecule has 0 bridgehead atoms. The first-order chi connectivity index (χ1) is 16.5. The van der Waals surface area contributed by atoms with Crippen LogP contribution in [0.25, 0.3) is 33.4 Å². The molecule has 4 heterocycles. The van der Waals surface area contributed by atoms with Crippen LogP contribution in [0.2, 0.25) is 5.02 Å². The number of hydrogen-bond donors (Lipinski definition) is 2. The lowest BCUT2D eigenvalue weighted by Crippen LogP contribution is -2.27. The molecular formula is C24H24ClN7O2. The van der Waals surface area contributed by atoms with Crippen LogP contribution in [0.4, 0.5) is 5.95 Å². The molecule has 1 aliphatic rings. The van der Waals surface area contributed by atoms with Crippen molar-refractivity contribution in [2.24, 2.45) is 5.73 Å². The van der Waals surface area contributed by atoms with E-state index in [1.54, 1.807) is 35.3 Å². The van der Waals surface area contributed by atoms with E-state index in [1.165, 1.54) is 0 Å². The molecule has 1 aromatic carbocycles. The fraction of sp³-hybridized carbons (Fsp3) is 0.292. The first-order valence-corrected chi connectivity index (χ1v) is 11.4. The predicted molar refractivity (Wildman–Crippen MR) is 132 cm³/mol. The Balaban J connectivity index is 1.58. The number of anilines is 1. The van der Waals surface area contributed by atoms with Gasteiger partial charge >= 0.3 is 0 Å². The summed E-state index contributed by atoms with van der Waals surface area (Å²) in [7, 11) is 0. The van der Waals surface area contributed by atoms with Crippen LogP contribution in [-0.2, 0) is 11.3 Å². The number of hydrogen-bond acceptors (Lipinski definition) is 8. The molecule has 4 aromatic rings. The third-order valence-electron chi connectivity index (χ3n) is 5.75. The Morgan fingerprint density at radius 2 is 2.09 bits per heavy atom. The minimum absolute atomic E-state index is 0.154. The van der Waals surface area contributed by atoms with Gasteiger partial charge < -0.3 is 15.8 Å². The number of aromatic nitrogens is 5. The molecule has 3 N–H and O–H groups in total. The smallest absolute Gasteiger partial charge is 0.260 e. The van der Waals surface area contributed by atoms with Crippen LogP contribution in [0.5, 0.6) is 0 Å². The quantitative estimate of drug-likeness (QED) is 0.434. The first kappa shape index (κ1) is 22.4. The summed E-state index contributed by atoms with van der Waals surface area (Å²) < 4.78 is 6.99. The van der Waals surface area contributed by atoms with Gasteiger partial charge in [-0.2, -0.15) is 4.98 Å². The number of fused-ring (bicyclic) bond motifs is 1. The summed E-state index contributed by atoms with van der Waals surface area (Å²) in [6.45, 7) is 3.81. The lowest BCUT2D eigenvalue weighted by atomic mass is 10.0. The Hall–Kier alpha value is -3.40. The lowest BCUT2D eigenvalue weighted by molar-refractivity contribution is 0.195. The minimum atomic E-state index is -0.211. The van der Waals surface area contributed by atoms with Crippen molar-refractivity contribution in [3.63, 3.8) is 0 Å². The summed E-state index contributed by atoms with van der Waals surface area (Å²) >= 11 is 6.65. The van der Waals surface area contributed by atoms with Gasteiger partial charge in [0.25, 0.3) is 5.56 Å². The SMILES string of the molecule is Cc1cncc(-c2ccc(-c3cc4cnc(N[C@@H]5CCOC5)nc4n(CCN)c3=O)c(Cl)c2)n1. The number of benzene rings is 1. The van der Waals surface area contributed by atoms with Crippen LogP contribution in [0.1, 0.15) is 12.1 Å². The predicted octanol–water partition coefficient (Wildman–Crippen LogP) is 3.04. The molecule has 34 heavy (non-hydrogen) atoms. The van der Waals surface area contributed by atoms with E-state index in [0.29, 0.717) is 59.7 Å². The molecule has 1 aliphatic heterocycles. The van der Waals surface area contributed by atoms with Crippen LogP contribution < -0.4 is 16.6 Å². The zero-order chi connectivity index (χ0) is 23.7. The highest BCUT2D eigenvalue weighted by molar-refractivity contribution is 6.33. The summed E-state index contributed by atoms with van der Waals surface area (Å²) in [5, 5.41) is 4.44. The van der Waals surface area contributed by atoms with E-state index in [2.05, 4.69) is 25.3 Å². The summed E-state index contributed by atoms with van der Waals surface area (Å²) in [4.78, 5) is 31.3. The summed E-state index contributed by atoms with van der Waals surface area (Å²) in [5.74, 6) is 0.461. The van der Waals surface area contributed by atoms with Crippen LogP contribution >= 0.6 is 11.6 Å². The number of nitrogens with zero attached hydrogens (tertiary/aromatic N) is 5. The fourth-order valence-corrected chi connectivity index (χ4v) is 4.37. The Kier molecular flexibility index (Phi) is 6.23. The molecule has 1 fully saturated rings. The van der Waals surface area contributed by atoms with Gasteiger partial charge in [-0.25, -0.2) is 9.97 Å². The number of halogens is 1. The molecule has 0 unspecified atom stereocenters. The molecule has 1 saturated heterocycles.